The third kappa shape index (κ3) is 5.08. The molecule has 6 nitrogen and oxygen atoms in total. The molecular weight excluding hydrogens is 366 g/mol. The summed E-state index contributed by atoms with van der Waals surface area (Å²) in [6.45, 7) is 4.01. The molecule has 0 bridgehead atoms. The minimum absolute atomic E-state index is 0.132. The molecule has 0 aliphatic carbocycles. The molecule has 0 unspecified atom stereocenters. The molecule has 1 aromatic heterocycles. The standard InChI is InChI=1S/C20H20ClN3O3/c1-3-17(26-16-6-4-5-15(21)11-16)20(25)22-12-18-23-19(24-27-18)14-9-7-13(2)8-10-14/h4-11,17H,3,12H2,1-2H3,(H,22,25)/t17-/m1/s1. The predicted molar refractivity (Wildman–Crippen MR) is 102 cm³/mol. The van der Waals surface area contributed by atoms with Gasteiger partial charge in [-0.15, -0.1) is 0 Å². The highest BCUT2D eigenvalue weighted by Gasteiger charge is 2.19. The van der Waals surface area contributed by atoms with Crippen LogP contribution < -0.4 is 10.1 Å². The van der Waals surface area contributed by atoms with Crippen LogP contribution in [-0.2, 0) is 11.3 Å². The van der Waals surface area contributed by atoms with Gasteiger partial charge in [0.05, 0.1) is 6.54 Å². The molecule has 1 amide bonds. The van der Waals surface area contributed by atoms with Crippen molar-refractivity contribution in [3.63, 3.8) is 0 Å². The average molecular weight is 386 g/mol. The van der Waals surface area contributed by atoms with Crippen molar-refractivity contribution >= 4 is 17.5 Å². The van der Waals surface area contributed by atoms with Crippen molar-refractivity contribution in [2.75, 3.05) is 0 Å². The van der Waals surface area contributed by atoms with E-state index in [4.69, 9.17) is 20.9 Å². The Kier molecular flexibility index (Phi) is 6.08. The lowest BCUT2D eigenvalue weighted by atomic mass is 10.1. The molecule has 140 valence electrons. The Bertz CT molecular complexity index is 909. The van der Waals surface area contributed by atoms with Gasteiger partial charge in [-0.3, -0.25) is 4.79 Å². The first-order valence-corrected chi connectivity index (χ1v) is 9.02. The largest absolute Gasteiger partial charge is 0.481 e. The quantitative estimate of drug-likeness (QED) is 0.660. The molecule has 0 saturated heterocycles. The maximum atomic E-state index is 12.4. The van der Waals surface area contributed by atoms with E-state index in [1.54, 1.807) is 24.3 Å². The number of hydrogen-bond donors (Lipinski definition) is 1. The van der Waals surface area contributed by atoms with E-state index in [1.807, 2.05) is 38.1 Å². The van der Waals surface area contributed by atoms with Gasteiger partial charge in [-0.1, -0.05) is 59.6 Å². The second-order valence-electron chi connectivity index (χ2n) is 6.07. The lowest BCUT2D eigenvalue weighted by Gasteiger charge is -2.16. The summed E-state index contributed by atoms with van der Waals surface area (Å²) in [6.07, 6.45) is -0.125. The third-order valence-corrected chi connectivity index (χ3v) is 4.16. The molecule has 0 aliphatic rings. The van der Waals surface area contributed by atoms with Crippen LogP contribution in [-0.4, -0.2) is 22.2 Å². The zero-order valence-electron chi connectivity index (χ0n) is 15.1. The van der Waals surface area contributed by atoms with Crippen LogP contribution in [0.15, 0.2) is 53.1 Å². The predicted octanol–water partition coefficient (Wildman–Crippen LogP) is 4.17. The SMILES string of the molecule is CC[C@@H](Oc1cccc(Cl)c1)C(=O)NCc1nc(-c2ccc(C)cc2)no1. The number of aromatic nitrogens is 2. The van der Waals surface area contributed by atoms with Gasteiger partial charge in [-0.25, -0.2) is 0 Å². The molecule has 2 aromatic carbocycles. The fourth-order valence-electron chi connectivity index (χ4n) is 2.45. The Labute approximate surface area is 162 Å². The van der Waals surface area contributed by atoms with Gasteiger partial charge in [-0.2, -0.15) is 4.98 Å². The van der Waals surface area contributed by atoms with E-state index in [-0.39, 0.29) is 12.5 Å². The summed E-state index contributed by atoms with van der Waals surface area (Å²) >= 11 is 5.95. The van der Waals surface area contributed by atoms with Crippen molar-refractivity contribution in [1.82, 2.24) is 15.5 Å². The number of carbonyl (C=O) groups excluding carboxylic acids is 1. The highest BCUT2D eigenvalue weighted by atomic mass is 35.5. The Morgan fingerprint density at radius 1 is 1.26 bits per heavy atom. The summed E-state index contributed by atoms with van der Waals surface area (Å²) in [5.74, 6) is 1.11. The van der Waals surface area contributed by atoms with Crippen LogP contribution in [0.4, 0.5) is 0 Å². The average Bonchev–Trinajstić information content (AvgIpc) is 3.14. The van der Waals surface area contributed by atoms with Crippen molar-refractivity contribution in [1.29, 1.82) is 0 Å². The molecule has 27 heavy (non-hydrogen) atoms. The Morgan fingerprint density at radius 3 is 2.74 bits per heavy atom. The van der Waals surface area contributed by atoms with E-state index < -0.39 is 6.10 Å². The van der Waals surface area contributed by atoms with Gasteiger partial charge in [-0.05, 0) is 31.5 Å². The minimum atomic E-state index is -0.636. The highest BCUT2D eigenvalue weighted by molar-refractivity contribution is 6.30. The zero-order chi connectivity index (χ0) is 19.2. The number of amides is 1. The van der Waals surface area contributed by atoms with Crippen molar-refractivity contribution in [2.24, 2.45) is 0 Å². The van der Waals surface area contributed by atoms with Crippen LogP contribution in [0.5, 0.6) is 5.75 Å². The first-order chi connectivity index (χ1) is 13.0. The molecule has 1 heterocycles. The Balaban J connectivity index is 1.58. The molecule has 0 fully saturated rings. The van der Waals surface area contributed by atoms with Crippen molar-refractivity contribution in [2.45, 2.75) is 32.9 Å². The number of nitrogens with zero attached hydrogens (tertiary/aromatic N) is 2. The van der Waals surface area contributed by atoms with E-state index in [1.165, 1.54) is 0 Å². The van der Waals surface area contributed by atoms with Gasteiger partial charge < -0.3 is 14.6 Å². The van der Waals surface area contributed by atoms with Crippen molar-refractivity contribution in [3.05, 3.63) is 65.0 Å². The smallest absolute Gasteiger partial charge is 0.261 e. The first kappa shape index (κ1) is 18.9. The van der Waals surface area contributed by atoms with E-state index in [9.17, 15) is 4.79 Å². The second-order valence-corrected chi connectivity index (χ2v) is 6.50. The van der Waals surface area contributed by atoms with Gasteiger partial charge in [0.2, 0.25) is 11.7 Å². The molecule has 1 atom stereocenters. The normalized spacial score (nSPS) is 11.8. The van der Waals surface area contributed by atoms with Gasteiger partial charge >= 0.3 is 0 Å². The molecular formula is C20H20ClN3O3. The van der Waals surface area contributed by atoms with Crippen molar-refractivity contribution < 1.29 is 14.1 Å². The molecule has 1 N–H and O–H groups in total. The maximum absolute atomic E-state index is 12.4. The first-order valence-electron chi connectivity index (χ1n) is 8.64. The fourth-order valence-corrected chi connectivity index (χ4v) is 2.63. The van der Waals surface area contributed by atoms with E-state index in [2.05, 4.69) is 15.5 Å². The minimum Gasteiger partial charge on any atom is -0.481 e. The summed E-state index contributed by atoms with van der Waals surface area (Å²) in [5.41, 5.74) is 2.01. The number of hydrogen-bond acceptors (Lipinski definition) is 5. The molecule has 0 aliphatic heterocycles. The molecule has 3 aromatic rings. The highest BCUT2D eigenvalue weighted by Crippen LogP contribution is 2.19. The van der Waals surface area contributed by atoms with E-state index >= 15 is 0 Å². The van der Waals surface area contributed by atoms with Crippen LogP contribution in [0, 0.1) is 6.92 Å². The number of carbonyl (C=O) groups is 1. The van der Waals surface area contributed by atoms with Gasteiger partial charge in [0.15, 0.2) is 6.10 Å². The summed E-state index contributed by atoms with van der Waals surface area (Å²) in [4.78, 5) is 16.7. The van der Waals surface area contributed by atoms with Crippen LogP contribution >= 0.6 is 11.6 Å². The molecule has 3 rings (SSSR count). The second kappa shape index (κ2) is 8.68. The van der Waals surface area contributed by atoms with Crippen LogP contribution in [0.1, 0.15) is 24.8 Å². The molecule has 0 radical (unpaired) electrons. The lowest BCUT2D eigenvalue weighted by molar-refractivity contribution is -0.128. The maximum Gasteiger partial charge on any atom is 0.261 e. The summed E-state index contributed by atoms with van der Waals surface area (Å²) < 4.78 is 10.9. The Hall–Kier alpha value is -2.86. The monoisotopic (exact) mass is 385 g/mol. The summed E-state index contributed by atoms with van der Waals surface area (Å²) in [5, 5.41) is 7.27. The fraction of sp³-hybridized carbons (Fsp3) is 0.250. The number of benzene rings is 2. The Morgan fingerprint density at radius 2 is 2.04 bits per heavy atom. The molecule has 0 saturated carbocycles. The zero-order valence-corrected chi connectivity index (χ0v) is 15.9. The summed E-state index contributed by atoms with van der Waals surface area (Å²) in [7, 11) is 0. The van der Waals surface area contributed by atoms with E-state index in [0.29, 0.717) is 28.9 Å². The molecule has 7 heteroatoms. The molecule has 0 spiro atoms. The topological polar surface area (TPSA) is 77.2 Å². The number of aryl methyl sites for hydroxylation is 1. The number of rotatable bonds is 7. The number of halogens is 1. The number of ether oxygens (including phenoxy) is 1. The van der Waals surface area contributed by atoms with Crippen LogP contribution in [0.2, 0.25) is 5.02 Å². The van der Waals surface area contributed by atoms with Gasteiger partial charge in [0.25, 0.3) is 5.91 Å². The van der Waals surface area contributed by atoms with Gasteiger partial charge in [0, 0.05) is 10.6 Å². The van der Waals surface area contributed by atoms with E-state index in [0.717, 1.165) is 11.1 Å². The van der Waals surface area contributed by atoms with Crippen LogP contribution in [0.3, 0.4) is 0 Å². The number of nitrogens with one attached hydrogen (secondary N) is 1. The van der Waals surface area contributed by atoms with Crippen molar-refractivity contribution in [3.8, 4) is 17.1 Å². The van der Waals surface area contributed by atoms with Gasteiger partial charge in [0.1, 0.15) is 5.75 Å². The lowest BCUT2D eigenvalue weighted by Crippen LogP contribution is -2.37. The summed E-state index contributed by atoms with van der Waals surface area (Å²) in [6, 6.07) is 14.8. The van der Waals surface area contributed by atoms with Crippen LogP contribution in [0.25, 0.3) is 11.4 Å². The third-order valence-electron chi connectivity index (χ3n) is 3.93.